The topological polar surface area (TPSA) is 50.3 Å². The van der Waals surface area contributed by atoms with Crippen molar-refractivity contribution < 1.29 is 0 Å². The number of nitrogens with two attached hydrogens (primary N) is 1. The minimum absolute atomic E-state index is 0.256. The van der Waals surface area contributed by atoms with Crippen molar-refractivity contribution in [3.8, 4) is 0 Å². The second-order valence-electron chi connectivity index (χ2n) is 5.12. The van der Waals surface area contributed by atoms with Crippen LogP contribution >= 0.6 is 12.2 Å². The van der Waals surface area contributed by atoms with Crippen LogP contribution in [0.4, 0.5) is 0 Å². The molecular weight excluding hydrogens is 258 g/mol. The van der Waals surface area contributed by atoms with Crippen LogP contribution in [0.3, 0.4) is 0 Å². The third kappa shape index (κ3) is 3.75. The quantitative estimate of drug-likeness (QED) is 0.801. The van der Waals surface area contributed by atoms with E-state index in [2.05, 4.69) is 27.9 Å². The molecule has 6 heteroatoms. The molecule has 0 bridgehead atoms. The largest absolute Gasteiger partial charge is 0.392 e. The summed E-state index contributed by atoms with van der Waals surface area (Å²) in [6.45, 7) is 7.24. The Morgan fingerprint density at radius 2 is 2.11 bits per heavy atom. The van der Waals surface area contributed by atoms with Gasteiger partial charge >= 0.3 is 0 Å². The van der Waals surface area contributed by atoms with Crippen LogP contribution in [0.5, 0.6) is 0 Å². The number of hydrogen-bond donors (Lipinski definition) is 1. The van der Waals surface area contributed by atoms with Crippen LogP contribution in [0, 0.1) is 0 Å². The number of hydrogen-bond acceptors (Lipinski definition) is 4. The highest BCUT2D eigenvalue weighted by Gasteiger charge is 2.24. The number of rotatable bonds is 5. The van der Waals surface area contributed by atoms with Crippen LogP contribution in [-0.2, 0) is 13.6 Å². The summed E-state index contributed by atoms with van der Waals surface area (Å²) in [5.74, 6) is 0. The second kappa shape index (κ2) is 6.45. The van der Waals surface area contributed by atoms with Crippen LogP contribution < -0.4 is 5.73 Å². The van der Waals surface area contributed by atoms with Gasteiger partial charge in [0.25, 0.3) is 0 Å². The van der Waals surface area contributed by atoms with Gasteiger partial charge in [-0.2, -0.15) is 5.10 Å². The van der Waals surface area contributed by atoms with Gasteiger partial charge in [-0.1, -0.05) is 19.1 Å². The van der Waals surface area contributed by atoms with Gasteiger partial charge in [0.15, 0.2) is 0 Å². The summed E-state index contributed by atoms with van der Waals surface area (Å²) >= 11 is 5.14. The summed E-state index contributed by atoms with van der Waals surface area (Å²) in [5.41, 5.74) is 6.94. The summed E-state index contributed by atoms with van der Waals surface area (Å²) in [4.78, 5) is 5.46. The standard InChI is InChI=1S/C13H23N5S/c1-3-12(13(14)19)18-8-6-17(7-9-18)10-11-4-5-16(2)15-11/h4-5,12H,3,6-10H2,1-2H3,(H2,14,19). The summed E-state index contributed by atoms with van der Waals surface area (Å²) in [6.07, 6.45) is 2.99. The smallest absolute Gasteiger partial charge is 0.0901 e. The molecule has 19 heavy (non-hydrogen) atoms. The van der Waals surface area contributed by atoms with Crippen molar-refractivity contribution in [3.05, 3.63) is 18.0 Å². The molecular formula is C13H23N5S. The van der Waals surface area contributed by atoms with Crippen LogP contribution in [0.2, 0.25) is 0 Å². The fourth-order valence-corrected chi connectivity index (χ4v) is 2.96. The fraction of sp³-hybridized carbons (Fsp3) is 0.692. The summed E-state index contributed by atoms with van der Waals surface area (Å²) in [5, 5.41) is 4.42. The molecule has 106 valence electrons. The predicted octanol–water partition coefficient (Wildman–Crippen LogP) is 0.602. The highest BCUT2D eigenvalue weighted by Crippen LogP contribution is 2.11. The molecule has 1 unspecified atom stereocenters. The molecule has 1 aliphatic rings. The lowest BCUT2D eigenvalue weighted by Gasteiger charge is -2.38. The van der Waals surface area contributed by atoms with Crippen molar-refractivity contribution >= 4 is 17.2 Å². The molecule has 0 saturated carbocycles. The SMILES string of the molecule is CCC(C(N)=S)N1CCN(Cc2ccn(C)n2)CC1. The number of aromatic nitrogens is 2. The van der Waals surface area contributed by atoms with E-state index in [4.69, 9.17) is 18.0 Å². The Morgan fingerprint density at radius 3 is 2.58 bits per heavy atom. The fourth-order valence-electron chi connectivity index (χ4n) is 2.65. The van der Waals surface area contributed by atoms with Gasteiger partial charge in [-0.05, 0) is 12.5 Å². The van der Waals surface area contributed by atoms with Crippen molar-refractivity contribution in [2.24, 2.45) is 12.8 Å². The maximum absolute atomic E-state index is 5.80. The van der Waals surface area contributed by atoms with Crippen LogP contribution in [-0.4, -0.2) is 56.8 Å². The third-order valence-electron chi connectivity index (χ3n) is 3.72. The van der Waals surface area contributed by atoms with E-state index in [1.54, 1.807) is 0 Å². The molecule has 0 amide bonds. The molecule has 1 atom stereocenters. The van der Waals surface area contributed by atoms with Gasteiger partial charge in [0.05, 0.1) is 16.7 Å². The summed E-state index contributed by atoms with van der Waals surface area (Å²) < 4.78 is 1.85. The Bertz CT molecular complexity index is 422. The monoisotopic (exact) mass is 281 g/mol. The molecule has 2 heterocycles. The molecule has 2 N–H and O–H groups in total. The first-order chi connectivity index (χ1) is 9.10. The highest BCUT2D eigenvalue weighted by molar-refractivity contribution is 7.80. The zero-order chi connectivity index (χ0) is 13.8. The Kier molecular flexibility index (Phi) is 4.90. The third-order valence-corrected chi connectivity index (χ3v) is 3.99. The van der Waals surface area contributed by atoms with E-state index in [0.29, 0.717) is 4.99 Å². The Hall–Kier alpha value is -0.980. The van der Waals surface area contributed by atoms with E-state index in [0.717, 1.165) is 44.8 Å². The van der Waals surface area contributed by atoms with Crippen molar-refractivity contribution in [2.75, 3.05) is 26.2 Å². The Labute approximate surface area is 120 Å². The molecule has 0 aromatic carbocycles. The average molecular weight is 281 g/mol. The molecule has 1 fully saturated rings. The van der Waals surface area contributed by atoms with Crippen LogP contribution in [0.15, 0.2) is 12.3 Å². The van der Waals surface area contributed by atoms with E-state index >= 15 is 0 Å². The van der Waals surface area contributed by atoms with Crippen molar-refractivity contribution in [1.82, 2.24) is 19.6 Å². The Balaban J connectivity index is 1.83. The first kappa shape index (κ1) is 14.4. The molecule has 1 saturated heterocycles. The number of nitrogens with zero attached hydrogens (tertiary/aromatic N) is 4. The first-order valence-electron chi connectivity index (χ1n) is 6.84. The van der Waals surface area contributed by atoms with E-state index in [1.807, 2.05) is 17.9 Å². The van der Waals surface area contributed by atoms with Gasteiger partial charge in [-0.15, -0.1) is 0 Å². The molecule has 0 aliphatic carbocycles. The molecule has 0 spiro atoms. The predicted molar refractivity (Wildman–Crippen MR) is 80.9 cm³/mol. The molecule has 1 aromatic heterocycles. The van der Waals surface area contributed by atoms with Crippen LogP contribution in [0.25, 0.3) is 0 Å². The zero-order valence-corrected chi connectivity index (χ0v) is 12.6. The lowest BCUT2D eigenvalue weighted by molar-refractivity contribution is 0.111. The number of aryl methyl sites for hydroxylation is 1. The maximum atomic E-state index is 5.80. The van der Waals surface area contributed by atoms with Gasteiger partial charge in [0.1, 0.15) is 0 Å². The van der Waals surface area contributed by atoms with Crippen molar-refractivity contribution in [3.63, 3.8) is 0 Å². The molecule has 2 rings (SSSR count). The maximum Gasteiger partial charge on any atom is 0.0901 e. The van der Waals surface area contributed by atoms with E-state index < -0.39 is 0 Å². The van der Waals surface area contributed by atoms with Crippen molar-refractivity contribution in [1.29, 1.82) is 0 Å². The number of piperazine rings is 1. The van der Waals surface area contributed by atoms with Crippen LogP contribution in [0.1, 0.15) is 19.0 Å². The van der Waals surface area contributed by atoms with Gasteiger partial charge in [-0.25, -0.2) is 0 Å². The molecule has 1 aliphatic heterocycles. The van der Waals surface area contributed by atoms with E-state index in [9.17, 15) is 0 Å². The molecule has 5 nitrogen and oxygen atoms in total. The normalized spacial score (nSPS) is 19.5. The highest BCUT2D eigenvalue weighted by atomic mass is 32.1. The van der Waals surface area contributed by atoms with Gasteiger partial charge in [-0.3, -0.25) is 14.5 Å². The van der Waals surface area contributed by atoms with E-state index in [-0.39, 0.29) is 6.04 Å². The van der Waals surface area contributed by atoms with E-state index in [1.165, 1.54) is 0 Å². The minimum atomic E-state index is 0.256. The molecule has 0 radical (unpaired) electrons. The average Bonchev–Trinajstić information content (AvgIpc) is 2.77. The van der Waals surface area contributed by atoms with Gasteiger partial charge in [0, 0.05) is 46.0 Å². The second-order valence-corrected chi connectivity index (χ2v) is 5.59. The zero-order valence-electron chi connectivity index (χ0n) is 11.7. The molecule has 1 aromatic rings. The number of thiocarbonyl (C=S) groups is 1. The van der Waals surface area contributed by atoms with Gasteiger partial charge in [0.2, 0.25) is 0 Å². The first-order valence-corrected chi connectivity index (χ1v) is 7.25. The minimum Gasteiger partial charge on any atom is -0.392 e. The summed E-state index contributed by atoms with van der Waals surface area (Å²) in [6, 6.07) is 2.34. The summed E-state index contributed by atoms with van der Waals surface area (Å²) in [7, 11) is 1.95. The van der Waals surface area contributed by atoms with Gasteiger partial charge < -0.3 is 5.73 Å². The lowest BCUT2D eigenvalue weighted by Crippen LogP contribution is -2.53. The van der Waals surface area contributed by atoms with Crippen molar-refractivity contribution in [2.45, 2.75) is 25.9 Å². The lowest BCUT2D eigenvalue weighted by atomic mass is 10.1. The Morgan fingerprint density at radius 1 is 1.42 bits per heavy atom.